The van der Waals surface area contributed by atoms with E-state index in [4.69, 9.17) is 0 Å². The molecule has 3 rings (SSSR count). The van der Waals surface area contributed by atoms with Gasteiger partial charge in [0.25, 0.3) is 5.91 Å². The highest BCUT2D eigenvalue weighted by molar-refractivity contribution is 7.17. The van der Waals surface area contributed by atoms with Gasteiger partial charge in [-0.25, -0.2) is 4.98 Å². The number of aryl methyl sites for hydroxylation is 1. The molecule has 1 aromatic heterocycles. The lowest BCUT2D eigenvalue weighted by atomic mass is 9.98. The van der Waals surface area contributed by atoms with Gasteiger partial charge in [0.05, 0.1) is 11.3 Å². The molecule has 0 spiro atoms. The van der Waals surface area contributed by atoms with Crippen LogP contribution in [0, 0.1) is 12.8 Å². The highest BCUT2D eigenvalue weighted by Crippen LogP contribution is 2.33. The Morgan fingerprint density at radius 3 is 2.67 bits per heavy atom. The number of amides is 1. The Morgan fingerprint density at radius 2 is 2.04 bits per heavy atom. The highest BCUT2D eigenvalue weighted by Gasteiger charge is 2.30. The van der Waals surface area contributed by atoms with Crippen LogP contribution < -0.4 is 5.32 Å². The average Bonchev–Trinajstić information content (AvgIpc) is 3.03. The lowest BCUT2D eigenvalue weighted by Crippen LogP contribution is -2.42. The number of nitrogens with zero attached hydrogens (tertiary/aromatic N) is 2. The number of benzene rings is 1. The van der Waals surface area contributed by atoms with Crippen molar-refractivity contribution in [3.8, 4) is 10.6 Å². The van der Waals surface area contributed by atoms with E-state index in [0.29, 0.717) is 33.6 Å². The first kappa shape index (κ1) is 19.8. The summed E-state index contributed by atoms with van der Waals surface area (Å²) in [5.74, 6) is 0.402. The maximum atomic E-state index is 12.9. The van der Waals surface area contributed by atoms with Gasteiger partial charge < -0.3 is 10.2 Å². The van der Waals surface area contributed by atoms with Crippen LogP contribution in [0.5, 0.6) is 0 Å². The first-order valence-corrected chi connectivity index (χ1v) is 9.70. The zero-order chi connectivity index (χ0) is 19.6. The molecule has 1 aliphatic rings. The number of carbonyl (C=O) groups is 1. The zero-order valence-corrected chi connectivity index (χ0v) is 16.1. The van der Waals surface area contributed by atoms with Crippen LogP contribution >= 0.6 is 11.3 Å². The summed E-state index contributed by atoms with van der Waals surface area (Å²) in [5, 5.41) is 3.72. The predicted molar refractivity (Wildman–Crippen MR) is 99.8 cm³/mol. The second-order valence-corrected chi connectivity index (χ2v) is 7.82. The lowest BCUT2D eigenvalue weighted by molar-refractivity contribution is -0.137. The molecule has 2 heterocycles. The van der Waals surface area contributed by atoms with Gasteiger partial charge in [-0.05, 0) is 51.4 Å². The molecule has 1 atom stereocenters. The number of likely N-dealkylation sites (tertiary alicyclic amines) is 1. The largest absolute Gasteiger partial charge is 0.416 e. The fraction of sp³-hybridized carbons (Fsp3) is 0.474. The van der Waals surface area contributed by atoms with E-state index in [1.165, 1.54) is 23.5 Å². The molecular formula is C19H22F3N3OS. The summed E-state index contributed by atoms with van der Waals surface area (Å²) in [5.41, 5.74) is 0.511. The fourth-order valence-electron chi connectivity index (χ4n) is 3.37. The monoisotopic (exact) mass is 397 g/mol. The third kappa shape index (κ3) is 4.50. The minimum Gasteiger partial charge on any atom is -0.338 e. The first-order chi connectivity index (χ1) is 12.8. The Hall–Kier alpha value is -1.93. The van der Waals surface area contributed by atoms with Crippen LogP contribution in [0.4, 0.5) is 13.2 Å². The number of hydrogen-bond donors (Lipinski definition) is 1. The van der Waals surface area contributed by atoms with Gasteiger partial charge in [-0.2, -0.15) is 13.2 Å². The predicted octanol–water partition coefficient (Wildman–Crippen LogP) is 4.21. The molecule has 1 aromatic carbocycles. The zero-order valence-electron chi connectivity index (χ0n) is 15.3. The average molecular weight is 397 g/mol. The molecular weight excluding hydrogens is 375 g/mol. The minimum absolute atomic E-state index is 0.0380. The summed E-state index contributed by atoms with van der Waals surface area (Å²) in [6.07, 6.45) is -2.29. The third-order valence-electron chi connectivity index (χ3n) is 4.75. The third-order valence-corrected chi connectivity index (χ3v) is 5.94. The van der Waals surface area contributed by atoms with Crippen LogP contribution in [-0.2, 0) is 6.18 Å². The Kier molecular flexibility index (Phi) is 5.86. The van der Waals surface area contributed by atoms with Gasteiger partial charge in [-0.3, -0.25) is 4.79 Å². The second kappa shape index (κ2) is 7.98. The number of carbonyl (C=O) groups excluding carboxylic acids is 1. The van der Waals surface area contributed by atoms with Gasteiger partial charge >= 0.3 is 6.18 Å². The SMILES string of the molecule is CNCC1CCCN(C(=O)c2sc(-c3ccc(C(F)(F)F)cc3)nc2C)C1. The molecule has 2 aromatic rings. The van der Waals surface area contributed by atoms with Crippen molar-refractivity contribution < 1.29 is 18.0 Å². The van der Waals surface area contributed by atoms with Gasteiger partial charge in [0, 0.05) is 18.7 Å². The number of nitrogens with one attached hydrogen (secondary N) is 1. The van der Waals surface area contributed by atoms with Crippen LogP contribution in [0.2, 0.25) is 0 Å². The van der Waals surface area contributed by atoms with Crippen LogP contribution in [0.25, 0.3) is 10.6 Å². The van der Waals surface area contributed by atoms with Crippen molar-refractivity contribution >= 4 is 17.2 Å². The molecule has 0 bridgehead atoms. The van der Waals surface area contributed by atoms with Crippen molar-refractivity contribution in [2.45, 2.75) is 25.9 Å². The van der Waals surface area contributed by atoms with E-state index in [-0.39, 0.29) is 5.91 Å². The van der Waals surface area contributed by atoms with Gasteiger partial charge in [0.15, 0.2) is 0 Å². The number of piperidine rings is 1. The summed E-state index contributed by atoms with van der Waals surface area (Å²) < 4.78 is 38.2. The van der Waals surface area contributed by atoms with Crippen molar-refractivity contribution in [2.24, 2.45) is 5.92 Å². The Bertz CT molecular complexity index is 800. The summed E-state index contributed by atoms with van der Waals surface area (Å²) in [7, 11) is 1.91. The molecule has 0 saturated carbocycles. The van der Waals surface area contributed by atoms with E-state index in [1.807, 2.05) is 11.9 Å². The van der Waals surface area contributed by atoms with Gasteiger partial charge in [-0.15, -0.1) is 11.3 Å². The second-order valence-electron chi connectivity index (χ2n) is 6.83. The molecule has 146 valence electrons. The van der Waals surface area contributed by atoms with Crippen molar-refractivity contribution in [1.82, 2.24) is 15.2 Å². The standard InChI is InChI=1S/C19H22F3N3OS/c1-12-16(18(26)25-9-3-4-13(11-25)10-23-2)27-17(24-12)14-5-7-15(8-6-14)19(20,21)22/h5-8,13,23H,3-4,9-11H2,1-2H3. The van der Waals surface area contributed by atoms with Gasteiger partial charge in [0.2, 0.25) is 0 Å². The number of thiazole rings is 1. The van der Waals surface area contributed by atoms with E-state index >= 15 is 0 Å². The molecule has 1 fully saturated rings. The fourth-order valence-corrected chi connectivity index (χ4v) is 4.41. The molecule has 1 aliphatic heterocycles. The van der Waals surface area contributed by atoms with Crippen molar-refractivity contribution in [1.29, 1.82) is 0 Å². The van der Waals surface area contributed by atoms with E-state index < -0.39 is 11.7 Å². The van der Waals surface area contributed by atoms with E-state index in [2.05, 4.69) is 10.3 Å². The minimum atomic E-state index is -4.36. The number of halogens is 3. The van der Waals surface area contributed by atoms with E-state index in [9.17, 15) is 18.0 Å². The molecule has 8 heteroatoms. The molecule has 1 amide bonds. The first-order valence-electron chi connectivity index (χ1n) is 8.88. The highest BCUT2D eigenvalue weighted by atomic mass is 32.1. The molecule has 1 N–H and O–H groups in total. The Labute approximate surface area is 160 Å². The summed E-state index contributed by atoms with van der Waals surface area (Å²) >= 11 is 1.24. The maximum Gasteiger partial charge on any atom is 0.416 e. The van der Waals surface area contributed by atoms with Crippen molar-refractivity contribution in [2.75, 3.05) is 26.7 Å². The smallest absolute Gasteiger partial charge is 0.338 e. The van der Waals surface area contributed by atoms with E-state index in [1.54, 1.807) is 6.92 Å². The van der Waals surface area contributed by atoms with Crippen molar-refractivity contribution in [3.05, 3.63) is 40.4 Å². The normalized spacial score (nSPS) is 18.0. The van der Waals surface area contributed by atoms with Crippen LogP contribution in [0.1, 0.15) is 33.8 Å². The molecule has 4 nitrogen and oxygen atoms in total. The topological polar surface area (TPSA) is 45.2 Å². The number of hydrogen-bond acceptors (Lipinski definition) is 4. The molecule has 0 radical (unpaired) electrons. The van der Waals surface area contributed by atoms with E-state index in [0.717, 1.165) is 38.1 Å². The Balaban J connectivity index is 1.79. The van der Waals surface area contributed by atoms with Crippen LogP contribution in [0.15, 0.2) is 24.3 Å². The summed E-state index contributed by atoms with van der Waals surface area (Å²) in [6, 6.07) is 4.89. The van der Waals surface area contributed by atoms with Crippen molar-refractivity contribution in [3.63, 3.8) is 0 Å². The summed E-state index contributed by atoms with van der Waals surface area (Å²) in [4.78, 5) is 19.8. The van der Waals surface area contributed by atoms with Gasteiger partial charge in [-0.1, -0.05) is 12.1 Å². The Morgan fingerprint density at radius 1 is 1.33 bits per heavy atom. The summed E-state index contributed by atoms with van der Waals surface area (Å²) in [6.45, 7) is 4.09. The maximum absolute atomic E-state index is 12.9. The molecule has 1 unspecified atom stereocenters. The number of alkyl halides is 3. The van der Waals surface area contributed by atoms with Crippen LogP contribution in [-0.4, -0.2) is 42.5 Å². The number of aromatic nitrogens is 1. The molecule has 27 heavy (non-hydrogen) atoms. The van der Waals surface area contributed by atoms with Gasteiger partial charge in [0.1, 0.15) is 9.88 Å². The molecule has 1 saturated heterocycles. The number of rotatable bonds is 4. The van der Waals surface area contributed by atoms with Crippen LogP contribution in [0.3, 0.4) is 0 Å². The quantitative estimate of drug-likeness (QED) is 0.841. The molecule has 0 aliphatic carbocycles. The lowest BCUT2D eigenvalue weighted by Gasteiger charge is -2.32.